The van der Waals surface area contributed by atoms with E-state index >= 15 is 0 Å². The van der Waals surface area contributed by atoms with Gasteiger partial charge in [0.1, 0.15) is 5.82 Å². The van der Waals surface area contributed by atoms with Gasteiger partial charge < -0.3 is 15.1 Å². The minimum absolute atomic E-state index is 0.0591. The van der Waals surface area contributed by atoms with E-state index in [9.17, 15) is 9.18 Å². The number of nitrogens with zero attached hydrogens (tertiary/aromatic N) is 2. The van der Waals surface area contributed by atoms with E-state index in [0.717, 1.165) is 5.56 Å². The summed E-state index contributed by atoms with van der Waals surface area (Å²) in [6.45, 7) is 0.720. The third kappa shape index (κ3) is 3.43. The zero-order valence-corrected chi connectivity index (χ0v) is 11.3. The molecule has 0 unspecified atom stereocenters. The fourth-order valence-corrected chi connectivity index (χ4v) is 1.74. The minimum Gasteiger partial charge on any atom is -0.363 e. The number of para-hydroxylation sites is 1. The minimum atomic E-state index is -0.309. The summed E-state index contributed by atoms with van der Waals surface area (Å²) in [4.78, 5) is 14.8. The van der Waals surface area contributed by atoms with Gasteiger partial charge in [-0.05, 0) is 18.7 Å². The Morgan fingerprint density at radius 1 is 1.33 bits per heavy atom. The van der Waals surface area contributed by atoms with E-state index in [2.05, 4.69) is 5.32 Å². The van der Waals surface area contributed by atoms with Gasteiger partial charge in [-0.3, -0.25) is 4.79 Å². The quantitative estimate of drug-likeness (QED) is 0.852. The first-order valence-electron chi connectivity index (χ1n) is 5.80. The molecule has 1 rings (SSSR count). The van der Waals surface area contributed by atoms with Crippen LogP contribution in [0, 0.1) is 5.82 Å². The van der Waals surface area contributed by atoms with Crippen LogP contribution in [0.5, 0.6) is 0 Å². The Morgan fingerprint density at radius 2 is 2.00 bits per heavy atom. The highest BCUT2D eigenvalue weighted by atomic mass is 19.1. The van der Waals surface area contributed by atoms with Crippen molar-refractivity contribution in [2.75, 3.05) is 39.6 Å². The Kier molecular flexibility index (Phi) is 5.09. The van der Waals surface area contributed by atoms with Gasteiger partial charge in [-0.1, -0.05) is 12.1 Å². The van der Waals surface area contributed by atoms with E-state index in [4.69, 9.17) is 0 Å². The summed E-state index contributed by atoms with van der Waals surface area (Å²) >= 11 is 0. The largest absolute Gasteiger partial charge is 0.363 e. The van der Waals surface area contributed by atoms with Gasteiger partial charge in [-0.25, -0.2) is 4.39 Å². The Morgan fingerprint density at radius 3 is 2.56 bits per heavy atom. The monoisotopic (exact) mass is 253 g/mol. The fraction of sp³-hybridized carbons (Fsp3) is 0.462. The molecule has 0 radical (unpaired) electrons. The smallest absolute Gasteiger partial charge is 0.241 e. The summed E-state index contributed by atoms with van der Waals surface area (Å²) in [5, 5.41) is 2.99. The Labute approximate surface area is 107 Å². The van der Waals surface area contributed by atoms with Crippen molar-refractivity contribution in [2.24, 2.45) is 0 Å². The molecule has 0 saturated carbocycles. The first-order valence-corrected chi connectivity index (χ1v) is 5.80. The predicted octanol–water partition coefficient (Wildman–Crippen LogP) is 1.07. The summed E-state index contributed by atoms with van der Waals surface area (Å²) in [7, 11) is 6.90. The van der Waals surface area contributed by atoms with Crippen molar-refractivity contribution in [2.45, 2.75) is 6.54 Å². The number of rotatable bonds is 5. The molecule has 100 valence electrons. The van der Waals surface area contributed by atoms with Crippen molar-refractivity contribution in [3.05, 3.63) is 29.6 Å². The van der Waals surface area contributed by atoms with Gasteiger partial charge in [0.2, 0.25) is 5.91 Å². The lowest BCUT2D eigenvalue weighted by atomic mass is 10.1. The number of carbonyl (C=O) groups is 1. The Balaban J connectivity index is 2.96. The number of anilines is 1. The maximum Gasteiger partial charge on any atom is 0.241 e. The maximum atomic E-state index is 13.9. The predicted molar refractivity (Wildman–Crippen MR) is 71.1 cm³/mol. The van der Waals surface area contributed by atoms with Crippen LogP contribution in [0.1, 0.15) is 5.56 Å². The van der Waals surface area contributed by atoms with Crippen molar-refractivity contribution < 1.29 is 9.18 Å². The molecule has 18 heavy (non-hydrogen) atoms. The molecular weight excluding hydrogens is 233 g/mol. The van der Waals surface area contributed by atoms with Gasteiger partial charge in [0.15, 0.2) is 0 Å². The molecule has 0 aliphatic carbocycles. The fourth-order valence-electron chi connectivity index (χ4n) is 1.74. The van der Waals surface area contributed by atoms with E-state index < -0.39 is 0 Å². The normalized spacial score (nSPS) is 10.3. The summed E-state index contributed by atoms with van der Waals surface area (Å²) in [6.07, 6.45) is 0. The molecule has 5 heteroatoms. The molecule has 0 spiro atoms. The number of nitrogens with one attached hydrogen (secondary N) is 1. The van der Waals surface area contributed by atoms with Crippen LogP contribution in [0.4, 0.5) is 10.1 Å². The first kappa shape index (κ1) is 14.4. The lowest BCUT2D eigenvalue weighted by molar-refractivity contribution is -0.127. The van der Waals surface area contributed by atoms with Crippen LogP contribution in [0.15, 0.2) is 18.2 Å². The van der Waals surface area contributed by atoms with Gasteiger partial charge in [0.25, 0.3) is 0 Å². The Hall–Kier alpha value is -1.62. The van der Waals surface area contributed by atoms with Crippen molar-refractivity contribution >= 4 is 11.6 Å². The van der Waals surface area contributed by atoms with E-state index in [1.165, 1.54) is 11.0 Å². The average molecular weight is 253 g/mol. The molecule has 1 aromatic rings. The zero-order valence-electron chi connectivity index (χ0n) is 11.3. The van der Waals surface area contributed by atoms with Crippen LogP contribution in [0.3, 0.4) is 0 Å². The second-order valence-corrected chi connectivity index (χ2v) is 4.42. The molecule has 1 amide bonds. The van der Waals surface area contributed by atoms with E-state index in [1.54, 1.807) is 39.2 Å². The van der Waals surface area contributed by atoms with Gasteiger partial charge in [-0.15, -0.1) is 0 Å². The molecule has 0 heterocycles. The summed E-state index contributed by atoms with van der Waals surface area (Å²) in [6, 6.07) is 4.93. The molecule has 0 fully saturated rings. The van der Waals surface area contributed by atoms with Crippen LogP contribution in [-0.2, 0) is 11.3 Å². The molecule has 0 aliphatic heterocycles. The number of hydrogen-bond donors (Lipinski definition) is 1. The number of amides is 1. The van der Waals surface area contributed by atoms with E-state index in [0.29, 0.717) is 12.2 Å². The van der Waals surface area contributed by atoms with E-state index in [1.807, 2.05) is 6.07 Å². The van der Waals surface area contributed by atoms with Crippen molar-refractivity contribution in [3.8, 4) is 0 Å². The second kappa shape index (κ2) is 6.35. The Bertz CT molecular complexity index is 421. The summed E-state index contributed by atoms with van der Waals surface area (Å²) < 4.78 is 13.9. The topological polar surface area (TPSA) is 35.6 Å². The van der Waals surface area contributed by atoms with Crippen LogP contribution < -0.4 is 10.2 Å². The molecule has 1 aromatic carbocycles. The van der Waals surface area contributed by atoms with Crippen LogP contribution in [-0.4, -0.2) is 45.5 Å². The third-order valence-electron chi connectivity index (χ3n) is 2.69. The number of halogens is 1. The maximum absolute atomic E-state index is 13.9. The van der Waals surface area contributed by atoms with Crippen LogP contribution in [0.2, 0.25) is 0 Å². The SMILES string of the molecule is CNCc1cccc(F)c1N(C)CC(=O)N(C)C. The van der Waals surface area contributed by atoms with Gasteiger partial charge in [-0.2, -0.15) is 0 Å². The van der Waals surface area contributed by atoms with Crippen molar-refractivity contribution in [1.29, 1.82) is 0 Å². The van der Waals surface area contributed by atoms with Crippen LogP contribution >= 0.6 is 0 Å². The van der Waals surface area contributed by atoms with Gasteiger partial charge >= 0.3 is 0 Å². The second-order valence-electron chi connectivity index (χ2n) is 4.42. The summed E-state index contributed by atoms with van der Waals surface area (Å²) in [5.41, 5.74) is 1.31. The van der Waals surface area contributed by atoms with E-state index in [-0.39, 0.29) is 18.3 Å². The van der Waals surface area contributed by atoms with Gasteiger partial charge in [0, 0.05) is 27.7 Å². The van der Waals surface area contributed by atoms with Crippen LogP contribution in [0.25, 0.3) is 0 Å². The highest BCUT2D eigenvalue weighted by Crippen LogP contribution is 2.23. The number of likely N-dealkylation sites (N-methyl/N-ethyl adjacent to an activating group) is 2. The zero-order chi connectivity index (χ0) is 13.7. The molecule has 0 aromatic heterocycles. The van der Waals surface area contributed by atoms with Crippen molar-refractivity contribution in [3.63, 3.8) is 0 Å². The standard InChI is InChI=1S/C13H20FN3O/c1-15-8-10-6-5-7-11(14)13(10)17(4)9-12(18)16(2)3/h5-7,15H,8-9H2,1-4H3. The van der Waals surface area contributed by atoms with Crippen molar-refractivity contribution in [1.82, 2.24) is 10.2 Å². The molecule has 0 bridgehead atoms. The molecular formula is C13H20FN3O. The number of carbonyl (C=O) groups excluding carboxylic acids is 1. The van der Waals surface area contributed by atoms with Gasteiger partial charge in [0.05, 0.1) is 12.2 Å². The molecule has 0 aliphatic rings. The highest BCUT2D eigenvalue weighted by molar-refractivity contribution is 5.81. The lowest BCUT2D eigenvalue weighted by Crippen LogP contribution is -2.35. The highest BCUT2D eigenvalue weighted by Gasteiger charge is 2.15. The molecule has 0 saturated heterocycles. The first-order chi connectivity index (χ1) is 8.47. The molecule has 0 atom stereocenters. The molecule has 4 nitrogen and oxygen atoms in total. The third-order valence-corrected chi connectivity index (χ3v) is 2.69. The lowest BCUT2D eigenvalue weighted by Gasteiger charge is -2.24. The molecule has 1 N–H and O–H groups in total. The summed E-state index contributed by atoms with van der Waals surface area (Å²) in [5.74, 6) is -0.368. The number of benzene rings is 1. The number of hydrogen-bond acceptors (Lipinski definition) is 3. The average Bonchev–Trinajstić information content (AvgIpc) is 2.29.